The molecule has 0 bridgehead atoms. The average molecular weight is 399 g/mol. The third kappa shape index (κ3) is 5.28. The molecule has 1 aromatic heterocycles. The van der Waals surface area contributed by atoms with Crippen LogP contribution in [-0.2, 0) is 13.1 Å². The van der Waals surface area contributed by atoms with Crippen molar-refractivity contribution < 1.29 is 4.39 Å². The van der Waals surface area contributed by atoms with Crippen LogP contribution in [0.5, 0.6) is 0 Å². The molecule has 7 heteroatoms. The second kappa shape index (κ2) is 8.40. The summed E-state index contributed by atoms with van der Waals surface area (Å²) in [5.74, 6) is -0.231. The molecular formula is C16H20BrFN4S. The number of rotatable bonds is 6. The van der Waals surface area contributed by atoms with Crippen LogP contribution in [0.1, 0.15) is 23.4 Å². The highest BCUT2D eigenvalue weighted by Crippen LogP contribution is 2.19. The van der Waals surface area contributed by atoms with Gasteiger partial charge in [-0.15, -0.1) is 0 Å². The van der Waals surface area contributed by atoms with Crippen molar-refractivity contribution in [2.75, 3.05) is 6.54 Å². The van der Waals surface area contributed by atoms with Gasteiger partial charge < -0.3 is 10.6 Å². The predicted molar refractivity (Wildman–Crippen MR) is 97.9 cm³/mol. The number of nitrogens with zero attached hydrogens (tertiary/aromatic N) is 2. The number of hydrogen-bond donors (Lipinski definition) is 2. The van der Waals surface area contributed by atoms with Gasteiger partial charge in [0, 0.05) is 25.3 Å². The van der Waals surface area contributed by atoms with Crippen molar-refractivity contribution in [2.45, 2.75) is 33.4 Å². The molecule has 0 atom stereocenters. The molecule has 0 spiro atoms. The Morgan fingerprint density at radius 1 is 1.26 bits per heavy atom. The Balaban J connectivity index is 1.66. The Morgan fingerprint density at radius 2 is 1.96 bits per heavy atom. The van der Waals surface area contributed by atoms with Crippen LogP contribution in [0.25, 0.3) is 0 Å². The van der Waals surface area contributed by atoms with Gasteiger partial charge in [-0.1, -0.05) is 12.1 Å². The molecule has 1 heterocycles. The van der Waals surface area contributed by atoms with Gasteiger partial charge in [-0.2, -0.15) is 5.10 Å². The van der Waals surface area contributed by atoms with E-state index in [1.54, 1.807) is 12.1 Å². The highest BCUT2D eigenvalue weighted by atomic mass is 79.9. The first-order valence-corrected chi connectivity index (χ1v) is 8.63. The summed E-state index contributed by atoms with van der Waals surface area (Å²) in [6.07, 6.45) is 0.923. The monoisotopic (exact) mass is 398 g/mol. The van der Waals surface area contributed by atoms with Gasteiger partial charge in [0.2, 0.25) is 0 Å². The summed E-state index contributed by atoms with van der Waals surface area (Å²) in [5.41, 5.74) is 3.13. The zero-order chi connectivity index (χ0) is 16.8. The predicted octanol–water partition coefficient (Wildman–Crippen LogP) is 3.46. The molecule has 0 aliphatic carbocycles. The Bertz CT molecular complexity index is 669. The molecule has 124 valence electrons. The average Bonchev–Trinajstić information content (AvgIpc) is 2.78. The lowest BCUT2D eigenvalue weighted by Gasteiger charge is -2.11. The van der Waals surface area contributed by atoms with Gasteiger partial charge in [0.05, 0.1) is 10.2 Å². The fourth-order valence-electron chi connectivity index (χ4n) is 2.17. The molecule has 2 N–H and O–H groups in total. The topological polar surface area (TPSA) is 41.9 Å². The molecule has 23 heavy (non-hydrogen) atoms. The SMILES string of the molecule is Cc1nn(CCCNC(=S)NCc2ccc(F)cc2)c(C)c1Br. The molecule has 0 saturated heterocycles. The van der Waals surface area contributed by atoms with Crippen molar-refractivity contribution in [1.29, 1.82) is 0 Å². The van der Waals surface area contributed by atoms with Crippen LogP contribution in [0.4, 0.5) is 4.39 Å². The van der Waals surface area contributed by atoms with E-state index in [1.165, 1.54) is 12.1 Å². The Morgan fingerprint density at radius 3 is 2.57 bits per heavy atom. The van der Waals surface area contributed by atoms with Gasteiger partial charge in [0.25, 0.3) is 0 Å². The van der Waals surface area contributed by atoms with Crippen molar-refractivity contribution in [3.8, 4) is 0 Å². The van der Waals surface area contributed by atoms with Gasteiger partial charge in [-0.25, -0.2) is 4.39 Å². The lowest BCUT2D eigenvalue weighted by Crippen LogP contribution is -2.35. The second-order valence-corrected chi connectivity index (χ2v) is 6.50. The number of nitrogens with one attached hydrogen (secondary N) is 2. The van der Waals surface area contributed by atoms with Crippen molar-refractivity contribution in [3.63, 3.8) is 0 Å². The lowest BCUT2D eigenvalue weighted by atomic mass is 10.2. The van der Waals surface area contributed by atoms with E-state index in [0.717, 1.165) is 40.9 Å². The minimum absolute atomic E-state index is 0.231. The number of hydrogen-bond acceptors (Lipinski definition) is 2. The number of benzene rings is 1. The minimum atomic E-state index is -0.231. The molecule has 0 aliphatic heterocycles. The molecule has 0 aliphatic rings. The summed E-state index contributed by atoms with van der Waals surface area (Å²) in [7, 11) is 0. The van der Waals surface area contributed by atoms with Crippen LogP contribution in [-0.4, -0.2) is 21.4 Å². The fourth-order valence-corrected chi connectivity index (χ4v) is 2.63. The highest BCUT2D eigenvalue weighted by molar-refractivity contribution is 9.10. The van der Waals surface area contributed by atoms with Gasteiger partial charge in [-0.3, -0.25) is 4.68 Å². The number of thiocarbonyl (C=S) groups is 1. The van der Waals surface area contributed by atoms with E-state index in [2.05, 4.69) is 31.7 Å². The van der Waals surface area contributed by atoms with Crippen LogP contribution >= 0.6 is 28.1 Å². The summed E-state index contributed by atoms with van der Waals surface area (Å²) >= 11 is 8.76. The van der Waals surface area contributed by atoms with E-state index in [0.29, 0.717) is 11.7 Å². The smallest absolute Gasteiger partial charge is 0.166 e. The van der Waals surface area contributed by atoms with Crippen LogP contribution < -0.4 is 10.6 Å². The van der Waals surface area contributed by atoms with Crippen LogP contribution in [0.3, 0.4) is 0 Å². The quantitative estimate of drug-likeness (QED) is 0.577. The first-order chi connectivity index (χ1) is 11.0. The van der Waals surface area contributed by atoms with Gasteiger partial charge >= 0.3 is 0 Å². The number of halogens is 2. The van der Waals surface area contributed by atoms with E-state index in [4.69, 9.17) is 12.2 Å². The zero-order valence-electron chi connectivity index (χ0n) is 13.2. The zero-order valence-corrected chi connectivity index (χ0v) is 15.6. The second-order valence-electron chi connectivity index (χ2n) is 5.30. The maximum Gasteiger partial charge on any atom is 0.166 e. The number of aromatic nitrogens is 2. The molecule has 4 nitrogen and oxygen atoms in total. The van der Waals surface area contributed by atoms with Gasteiger partial charge in [-0.05, 0) is 66.1 Å². The largest absolute Gasteiger partial charge is 0.363 e. The van der Waals surface area contributed by atoms with Crippen molar-refractivity contribution in [2.24, 2.45) is 0 Å². The van der Waals surface area contributed by atoms with Crippen LogP contribution in [0.2, 0.25) is 0 Å². The molecule has 2 rings (SSSR count). The van der Waals surface area contributed by atoms with Crippen molar-refractivity contribution in [1.82, 2.24) is 20.4 Å². The van der Waals surface area contributed by atoms with Gasteiger partial charge in [0.15, 0.2) is 5.11 Å². The standard InChI is InChI=1S/C16H20BrFN4S/c1-11-15(17)12(2)22(21-11)9-3-8-19-16(23)20-10-13-4-6-14(18)7-5-13/h4-7H,3,8-10H2,1-2H3,(H2,19,20,23). The molecule has 0 unspecified atom stereocenters. The van der Waals surface area contributed by atoms with Crippen LogP contribution in [0.15, 0.2) is 28.7 Å². The van der Waals surface area contributed by atoms with Gasteiger partial charge in [0.1, 0.15) is 5.82 Å². The summed E-state index contributed by atoms with van der Waals surface area (Å²) in [6.45, 7) is 6.22. The fraction of sp³-hybridized carbons (Fsp3) is 0.375. The third-order valence-electron chi connectivity index (χ3n) is 3.49. The van der Waals surface area contributed by atoms with E-state index in [9.17, 15) is 4.39 Å². The van der Waals surface area contributed by atoms with E-state index in [-0.39, 0.29) is 5.82 Å². The minimum Gasteiger partial charge on any atom is -0.363 e. The molecule has 1 aromatic carbocycles. The van der Waals surface area contributed by atoms with E-state index >= 15 is 0 Å². The number of aryl methyl sites for hydroxylation is 2. The third-order valence-corrected chi connectivity index (χ3v) is 4.93. The first-order valence-electron chi connectivity index (χ1n) is 7.43. The Hall–Kier alpha value is -1.47. The summed E-state index contributed by atoms with van der Waals surface area (Å²) in [4.78, 5) is 0. The van der Waals surface area contributed by atoms with E-state index in [1.807, 2.05) is 18.5 Å². The Labute approximate surface area is 149 Å². The van der Waals surface area contributed by atoms with Crippen molar-refractivity contribution in [3.05, 3.63) is 51.5 Å². The summed E-state index contributed by atoms with van der Waals surface area (Å²) < 4.78 is 15.9. The summed E-state index contributed by atoms with van der Waals surface area (Å²) in [5, 5.41) is 11.4. The Kier molecular flexibility index (Phi) is 6.53. The van der Waals surface area contributed by atoms with Crippen molar-refractivity contribution >= 4 is 33.3 Å². The molecule has 0 fully saturated rings. The molecule has 2 aromatic rings. The molecular weight excluding hydrogens is 379 g/mol. The summed E-state index contributed by atoms with van der Waals surface area (Å²) in [6, 6.07) is 6.37. The highest BCUT2D eigenvalue weighted by Gasteiger charge is 2.07. The molecule has 0 amide bonds. The first kappa shape index (κ1) is 17.9. The lowest BCUT2D eigenvalue weighted by molar-refractivity contribution is 0.556. The normalized spacial score (nSPS) is 10.6. The maximum atomic E-state index is 12.8. The maximum absolute atomic E-state index is 12.8. The molecule has 0 radical (unpaired) electrons. The van der Waals surface area contributed by atoms with Crippen LogP contribution in [0, 0.1) is 19.7 Å². The molecule has 0 saturated carbocycles. The van der Waals surface area contributed by atoms with E-state index < -0.39 is 0 Å².